The molecule has 3 aromatic rings. The van der Waals surface area contributed by atoms with E-state index in [4.69, 9.17) is 0 Å². The second-order valence-electron chi connectivity index (χ2n) is 5.16. The van der Waals surface area contributed by atoms with E-state index in [1.165, 1.54) is 0 Å². The highest BCUT2D eigenvalue weighted by molar-refractivity contribution is 5.73. The van der Waals surface area contributed by atoms with Crippen LogP contribution in [0.25, 0.3) is 11.0 Å². The van der Waals surface area contributed by atoms with Crippen LogP contribution in [0.2, 0.25) is 0 Å². The van der Waals surface area contributed by atoms with Crippen molar-refractivity contribution in [3.63, 3.8) is 0 Å². The first-order chi connectivity index (χ1) is 10.2. The van der Waals surface area contributed by atoms with Crippen molar-refractivity contribution in [3.8, 4) is 0 Å². The number of nitrogens with zero attached hydrogens (tertiary/aromatic N) is 2. The maximum absolute atomic E-state index is 12.3. The second kappa shape index (κ2) is 4.43. The Bertz CT molecular complexity index is 888. The molecule has 1 aliphatic rings. The van der Waals surface area contributed by atoms with Gasteiger partial charge in [0, 0.05) is 6.42 Å². The van der Waals surface area contributed by atoms with Crippen molar-refractivity contribution in [3.05, 3.63) is 70.1 Å². The first-order valence-electron chi connectivity index (χ1n) is 6.79. The van der Waals surface area contributed by atoms with Crippen LogP contribution in [0.5, 0.6) is 0 Å². The largest absolute Gasteiger partial charge is 0.319 e. The van der Waals surface area contributed by atoms with Crippen LogP contribution >= 0.6 is 0 Å². The van der Waals surface area contributed by atoms with Gasteiger partial charge in [0.05, 0.1) is 16.7 Å². The Morgan fingerprint density at radius 1 is 1.14 bits per heavy atom. The zero-order valence-electron chi connectivity index (χ0n) is 11.2. The second-order valence-corrected chi connectivity index (χ2v) is 5.16. The molecule has 0 bridgehead atoms. The Kier molecular flexibility index (Phi) is 2.55. The number of hydroxylamine groups is 1. The normalized spacial score (nSPS) is 17.2. The molecule has 1 unspecified atom stereocenters. The number of para-hydroxylation sites is 3. The van der Waals surface area contributed by atoms with E-state index in [9.17, 15) is 10.0 Å². The summed E-state index contributed by atoms with van der Waals surface area (Å²) >= 11 is 0. The van der Waals surface area contributed by atoms with Gasteiger partial charge in [-0.2, -0.15) is 0 Å². The molecule has 5 heteroatoms. The van der Waals surface area contributed by atoms with Gasteiger partial charge in [-0.1, -0.05) is 30.3 Å². The summed E-state index contributed by atoms with van der Waals surface area (Å²) in [7, 11) is 0. The molecule has 0 radical (unpaired) electrons. The molecule has 1 aromatic heterocycles. The van der Waals surface area contributed by atoms with E-state index in [1.54, 1.807) is 0 Å². The van der Waals surface area contributed by atoms with Gasteiger partial charge in [0.15, 0.2) is 0 Å². The highest BCUT2D eigenvalue weighted by Gasteiger charge is 2.32. The zero-order chi connectivity index (χ0) is 14.4. The molecule has 2 N–H and O–H groups in total. The lowest BCUT2D eigenvalue weighted by molar-refractivity contribution is 0.224. The Morgan fingerprint density at radius 3 is 2.76 bits per heavy atom. The molecular formula is C16H13N3O2. The SMILES string of the molecule is O=c1[nH]c2ccccc2nc1C1Cc2ccccc2N1O. The predicted molar refractivity (Wildman–Crippen MR) is 79.5 cm³/mol. The summed E-state index contributed by atoms with van der Waals surface area (Å²) in [4.78, 5) is 19.5. The van der Waals surface area contributed by atoms with Crippen molar-refractivity contribution < 1.29 is 5.21 Å². The Hall–Kier alpha value is -2.66. The molecule has 21 heavy (non-hydrogen) atoms. The Morgan fingerprint density at radius 2 is 1.90 bits per heavy atom. The van der Waals surface area contributed by atoms with Crippen LogP contribution in [0.3, 0.4) is 0 Å². The number of aromatic amines is 1. The number of anilines is 1. The van der Waals surface area contributed by atoms with Gasteiger partial charge in [0.25, 0.3) is 5.56 Å². The lowest BCUT2D eigenvalue weighted by Crippen LogP contribution is -2.28. The van der Waals surface area contributed by atoms with Gasteiger partial charge in [-0.05, 0) is 23.8 Å². The summed E-state index contributed by atoms with van der Waals surface area (Å²) in [5, 5.41) is 11.5. The maximum atomic E-state index is 12.3. The number of fused-ring (bicyclic) bond motifs is 2. The molecule has 104 valence electrons. The third kappa shape index (κ3) is 1.82. The molecule has 0 fully saturated rings. The van der Waals surface area contributed by atoms with Crippen molar-refractivity contribution in [2.24, 2.45) is 0 Å². The molecule has 2 heterocycles. The van der Waals surface area contributed by atoms with E-state index in [2.05, 4.69) is 9.97 Å². The lowest BCUT2D eigenvalue weighted by atomic mass is 10.1. The fourth-order valence-electron chi connectivity index (χ4n) is 2.85. The van der Waals surface area contributed by atoms with Gasteiger partial charge in [-0.3, -0.25) is 10.0 Å². The third-order valence-corrected chi connectivity index (χ3v) is 3.89. The lowest BCUT2D eigenvalue weighted by Gasteiger charge is -2.19. The summed E-state index contributed by atoms with van der Waals surface area (Å²) in [6, 6.07) is 14.5. The number of hydrogen-bond acceptors (Lipinski definition) is 4. The maximum Gasteiger partial charge on any atom is 0.272 e. The summed E-state index contributed by atoms with van der Waals surface area (Å²) < 4.78 is 0. The van der Waals surface area contributed by atoms with Crippen LogP contribution in [0.1, 0.15) is 17.3 Å². The summed E-state index contributed by atoms with van der Waals surface area (Å²) in [5.74, 6) is 0. The van der Waals surface area contributed by atoms with Crippen molar-refractivity contribution >= 4 is 16.7 Å². The quantitative estimate of drug-likeness (QED) is 0.717. The highest BCUT2D eigenvalue weighted by Crippen LogP contribution is 2.37. The molecule has 0 amide bonds. The first kappa shape index (κ1) is 12.1. The van der Waals surface area contributed by atoms with E-state index in [1.807, 2.05) is 48.5 Å². The van der Waals surface area contributed by atoms with Gasteiger partial charge >= 0.3 is 0 Å². The zero-order valence-corrected chi connectivity index (χ0v) is 11.2. The number of benzene rings is 2. The molecule has 0 saturated carbocycles. The Balaban J connectivity index is 1.85. The molecule has 0 spiro atoms. The topological polar surface area (TPSA) is 69.2 Å². The average molecular weight is 279 g/mol. The third-order valence-electron chi connectivity index (χ3n) is 3.89. The molecule has 2 aromatic carbocycles. The number of nitrogens with one attached hydrogen (secondary N) is 1. The van der Waals surface area contributed by atoms with Crippen LogP contribution in [-0.2, 0) is 6.42 Å². The van der Waals surface area contributed by atoms with Crippen molar-refractivity contribution in [2.75, 3.05) is 5.06 Å². The molecule has 0 aliphatic carbocycles. The molecule has 5 nitrogen and oxygen atoms in total. The fourth-order valence-corrected chi connectivity index (χ4v) is 2.85. The van der Waals surface area contributed by atoms with Crippen molar-refractivity contribution in [2.45, 2.75) is 12.5 Å². The summed E-state index contributed by atoms with van der Waals surface area (Å²) in [5.41, 5.74) is 3.25. The van der Waals surface area contributed by atoms with Crippen LogP contribution in [-0.4, -0.2) is 15.2 Å². The van der Waals surface area contributed by atoms with Gasteiger partial charge < -0.3 is 4.98 Å². The van der Waals surface area contributed by atoms with Crippen molar-refractivity contribution in [1.29, 1.82) is 0 Å². The van der Waals surface area contributed by atoms with Crippen LogP contribution < -0.4 is 10.6 Å². The molecule has 1 atom stereocenters. The van der Waals surface area contributed by atoms with Crippen LogP contribution in [0.4, 0.5) is 5.69 Å². The smallest absolute Gasteiger partial charge is 0.272 e. The number of H-pyrrole nitrogens is 1. The summed E-state index contributed by atoms with van der Waals surface area (Å²) in [6.07, 6.45) is 0.571. The molecule has 4 rings (SSSR count). The summed E-state index contributed by atoms with van der Waals surface area (Å²) in [6.45, 7) is 0. The molecular weight excluding hydrogens is 266 g/mol. The van der Waals surface area contributed by atoms with Gasteiger partial charge in [0.2, 0.25) is 0 Å². The minimum atomic E-state index is -0.448. The number of rotatable bonds is 1. The van der Waals surface area contributed by atoms with Crippen LogP contribution in [0.15, 0.2) is 53.3 Å². The van der Waals surface area contributed by atoms with E-state index in [0.29, 0.717) is 17.6 Å². The molecule has 1 aliphatic heterocycles. The highest BCUT2D eigenvalue weighted by atomic mass is 16.5. The standard InChI is InChI=1S/C16H13N3O2/c20-16-15(17-11-6-2-3-7-12(11)18-16)14-9-10-5-1-4-8-13(10)19(14)21/h1-8,14,21H,9H2,(H,18,20). The predicted octanol–water partition coefficient (Wildman–Crippen LogP) is 2.42. The fraction of sp³-hybridized carbons (Fsp3) is 0.125. The Labute approximate surface area is 120 Å². The van der Waals surface area contributed by atoms with Crippen molar-refractivity contribution in [1.82, 2.24) is 9.97 Å². The average Bonchev–Trinajstić information content (AvgIpc) is 2.84. The monoisotopic (exact) mass is 279 g/mol. The van der Waals surface area contributed by atoms with E-state index in [-0.39, 0.29) is 5.56 Å². The minimum absolute atomic E-state index is 0.259. The first-order valence-corrected chi connectivity index (χ1v) is 6.79. The van der Waals surface area contributed by atoms with Gasteiger partial charge in [-0.15, -0.1) is 0 Å². The minimum Gasteiger partial charge on any atom is -0.319 e. The number of hydrogen-bond donors (Lipinski definition) is 2. The van der Waals surface area contributed by atoms with Gasteiger partial charge in [0.1, 0.15) is 11.7 Å². The van der Waals surface area contributed by atoms with Gasteiger partial charge in [-0.25, -0.2) is 10.0 Å². The van der Waals surface area contributed by atoms with E-state index in [0.717, 1.165) is 21.8 Å². The van der Waals surface area contributed by atoms with E-state index >= 15 is 0 Å². The van der Waals surface area contributed by atoms with Crippen LogP contribution in [0, 0.1) is 0 Å². The van der Waals surface area contributed by atoms with E-state index < -0.39 is 6.04 Å². The number of aromatic nitrogens is 2. The molecule has 0 saturated heterocycles.